The van der Waals surface area contributed by atoms with Crippen molar-refractivity contribution in [2.45, 2.75) is 59.0 Å². The summed E-state index contributed by atoms with van der Waals surface area (Å²) in [5.41, 5.74) is 0.271. The van der Waals surface area contributed by atoms with Crippen LogP contribution in [-0.4, -0.2) is 30.3 Å². The number of aliphatic hydroxyl groups excluding tert-OH is 1. The van der Waals surface area contributed by atoms with Crippen LogP contribution in [0, 0.1) is 11.3 Å². The Bertz CT molecular complexity index is 263. The van der Waals surface area contributed by atoms with E-state index in [1.807, 2.05) is 13.8 Å². The molecule has 1 fully saturated rings. The molecule has 0 saturated heterocycles. The van der Waals surface area contributed by atoms with Crippen LogP contribution in [0.3, 0.4) is 0 Å². The molecule has 4 heteroatoms. The van der Waals surface area contributed by atoms with Gasteiger partial charge in [0.15, 0.2) is 0 Å². The predicted octanol–water partition coefficient (Wildman–Crippen LogP) is 2.27. The van der Waals surface area contributed by atoms with Crippen LogP contribution in [-0.2, 0) is 0 Å². The number of nitrogens with one attached hydrogen (secondary N) is 2. The minimum absolute atomic E-state index is 0.162. The molecule has 3 N–H and O–H groups in total. The van der Waals surface area contributed by atoms with E-state index in [0.29, 0.717) is 6.54 Å². The second-order valence-corrected chi connectivity index (χ2v) is 6.03. The van der Waals surface area contributed by atoms with Gasteiger partial charge in [-0.05, 0) is 24.2 Å². The van der Waals surface area contributed by atoms with Crippen LogP contribution in [0.25, 0.3) is 0 Å². The number of rotatable bonds is 6. The molecule has 4 nitrogen and oxygen atoms in total. The molecule has 1 rings (SSSR count). The van der Waals surface area contributed by atoms with Crippen molar-refractivity contribution in [3.8, 4) is 0 Å². The van der Waals surface area contributed by atoms with Gasteiger partial charge in [0.2, 0.25) is 0 Å². The van der Waals surface area contributed by atoms with Gasteiger partial charge < -0.3 is 15.7 Å². The molecule has 0 heterocycles. The first-order valence-corrected chi connectivity index (χ1v) is 7.16. The van der Waals surface area contributed by atoms with Crippen molar-refractivity contribution < 1.29 is 9.90 Å². The third-order valence-corrected chi connectivity index (χ3v) is 4.26. The van der Waals surface area contributed by atoms with Gasteiger partial charge in [0, 0.05) is 13.1 Å². The van der Waals surface area contributed by atoms with E-state index in [0.717, 1.165) is 13.0 Å². The van der Waals surface area contributed by atoms with Gasteiger partial charge in [0.25, 0.3) is 0 Å². The smallest absolute Gasteiger partial charge is 0.314 e. The van der Waals surface area contributed by atoms with Crippen LogP contribution in [0.15, 0.2) is 0 Å². The van der Waals surface area contributed by atoms with Crippen molar-refractivity contribution in [1.82, 2.24) is 10.6 Å². The third-order valence-electron chi connectivity index (χ3n) is 4.26. The predicted molar refractivity (Wildman–Crippen MR) is 73.4 cm³/mol. The van der Waals surface area contributed by atoms with E-state index in [4.69, 9.17) is 0 Å². The molecule has 2 atom stereocenters. The maximum atomic E-state index is 11.6. The SMILES string of the molecule is CCC(C)C(O)CNC(=O)NCC1(C)CCCC1. The van der Waals surface area contributed by atoms with Gasteiger partial charge in [0.05, 0.1) is 6.10 Å². The molecule has 0 spiro atoms. The quantitative estimate of drug-likeness (QED) is 0.682. The molecule has 1 saturated carbocycles. The van der Waals surface area contributed by atoms with Gasteiger partial charge in [-0.2, -0.15) is 0 Å². The van der Waals surface area contributed by atoms with Gasteiger partial charge in [-0.3, -0.25) is 0 Å². The standard InChI is InChI=1S/C14H28N2O2/c1-4-11(2)12(17)9-15-13(18)16-10-14(3)7-5-6-8-14/h11-12,17H,4-10H2,1-3H3,(H2,15,16,18). The lowest BCUT2D eigenvalue weighted by molar-refractivity contribution is 0.114. The highest BCUT2D eigenvalue weighted by Gasteiger charge is 2.28. The van der Waals surface area contributed by atoms with Gasteiger partial charge in [-0.25, -0.2) is 4.79 Å². The highest BCUT2D eigenvalue weighted by molar-refractivity contribution is 5.73. The fourth-order valence-electron chi connectivity index (χ4n) is 2.43. The second kappa shape index (κ2) is 6.98. The molecule has 0 aromatic carbocycles. The van der Waals surface area contributed by atoms with Crippen molar-refractivity contribution in [3.63, 3.8) is 0 Å². The molecule has 106 valence electrons. The summed E-state index contributed by atoms with van der Waals surface area (Å²) < 4.78 is 0. The third kappa shape index (κ3) is 4.84. The molecular weight excluding hydrogens is 228 g/mol. The Kier molecular flexibility index (Phi) is 5.93. The molecule has 1 aliphatic carbocycles. The first-order chi connectivity index (χ1) is 8.47. The van der Waals surface area contributed by atoms with Crippen molar-refractivity contribution in [1.29, 1.82) is 0 Å². The average molecular weight is 256 g/mol. The summed E-state index contributed by atoms with van der Waals surface area (Å²) in [5, 5.41) is 15.4. The number of carbonyl (C=O) groups is 1. The van der Waals surface area contributed by atoms with Crippen LogP contribution < -0.4 is 10.6 Å². The Morgan fingerprint density at radius 3 is 2.50 bits per heavy atom. The molecule has 0 bridgehead atoms. The fraction of sp³-hybridized carbons (Fsp3) is 0.929. The molecule has 0 aromatic rings. The normalized spacial score (nSPS) is 21.3. The van der Waals surface area contributed by atoms with E-state index < -0.39 is 6.10 Å². The monoisotopic (exact) mass is 256 g/mol. The summed E-state index contributed by atoms with van der Waals surface area (Å²) in [6, 6.07) is -0.162. The first-order valence-electron chi connectivity index (χ1n) is 7.16. The molecule has 2 amide bonds. The van der Waals surface area contributed by atoms with Crippen molar-refractivity contribution in [2.24, 2.45) is 11.3 Å². The van der Waals surface area contributed by atoms with Gasteiger partial charge in [0.1, 0.15) is 0 Å². The minimum atomic E-state index is -0.456. The Labute approximate surface area is 111 Å². The molecular formula is C14H28N2O2. The van der Waals surface area contributed by atoms with Crippen LogP contribution in [0.5, 0.6) is 0 Å². The molecule has 0 aliphatic heterocycles. The van der Waals surface area contributed by atoms with E-state index in [-0.39, 0.29) is 17.4 Å². The maximum absolute atomic E-state index is 11.6. The van der Waals surface area contributed by atoms with Gasteiger partial charge >= 0.3 is 6.03 Å². The summed E-state index contributed by atoms with van der Waals surface area (Å²) >= 11 is 0. The number of amides is 2. The van der Waals surface area contributed by atoms with E-state index >= 15 is 0 Å². The zero-order chi connectivity index (χ0) is 13.6. The van der Waals surface area contributed by atoms with Crippen LogP contribution in [0.4, 0.5) is 4.79 Å². The Morgan fingerprint density at radius 2 is 1.94 bits per heavy atom. The van der Waals surface area contributed by atoms with E-state index in [1.165, 1.54) is 25.7 Å². The second-order valence-electron chi connectivity index (χ2n) is 6.03. The lowest BCUT2D eigenvalue weighted by Gasteiger charge is -2.24. The van der Waals surface area contributed by atoms with Gasteiger partial charge in [-0.1, -0.05) is 40.0 Å². The number of carbonyl (C=O) groups excluding carboxylic acids is 1. The minimum Gasteiger partial charge on any atom is -0.391 e. The molecule has 0 aromatic heterocycles. The van der Waals surface area contributed by atoms with Crippen LogP contribution >= 0.6 is 0 Å². The lowest BCUT2D eigenvalue weighted by Crippen LogP contribution is -2.44. The van der Waals surface area contributed by atoms with E-state index in [9.17, 15) is 9.90 Å². The molecule has 2 unspecified atom stereocenters. The van der Waals surface area contributed by atoms with Gasteiger partial charge in [-0.15, -0.1) is 0 Å². The Hall–Kier alpha value is -0.770. The number of urea groups is 1. The van der Waals surface area contributed by atoms with Crippen molar-refractivity contribution in [3.05, 3.63) is 0 Å². The van der Waals surface area contributed by atoms with E-state index in [2.05, 4.69) is 17.6 Å². The van der Waals surface area contributed by atoms with Crippen LogP contribution in [0.1, 0.15) is 52.9 Å². The lowest BCUT2D eigenvalue weighted by atomic mass is 9.89. The topological polar surface area (TPSA) is 61.4 Å². The summed E-state index contributed by atoms with van der Waals surface area (Å²) in [6.07, 6.45) is 5.40. The van der Waals surface area contributed by atoms with E-state index in [1.54, 1.807) is 0 Å². The summed E-state index contributed by atoms with van der Waals surface area (Å²) in [6.45, 7) is 7.32. The molecule has 1 aliphatic rings. The number of aliphatic hydroxyl groups is 1. The Morgan fingerprint density at radius 1 is 1.33 bits per heavy atom. The highest BCUT2D eigenvalue weighted by Crippen LogP contribution is 2.36. The summed E-state index contributed by atoms with van der Waals surface area (Å²) in [7, 11) is 0. The highest BCUT2D eigenvalue weighted by atomic mass is 16.3. The summed E-state index contributed by atoms with van der Waals surface area (Å²) in [4.78, 5) is 11.6. The first kappa shape index (κ1) is 15.3. The molecule has 0 radical (unpaired) electrons. The number of hydrogen-bond acceptors (Lipinski definition) is 2. The van der Waals surface area contributed by atoms with Crippen molar-refractivity contribution in [2.75, 3.05) is 13.1 Å². The maximum Gasteiger partial charge on any atom is 0.314 e. The van der Waals surface area contributed by atoms with Crippen LogP contribution in [0.2, 0.25) is 0 Å². The molecule has 18 heavy (non-hydrogen) atoms. The fourth-order valence-corrected chi connectivity index (χ4v) is 2.43. The average Bonchev–Trinajstić information content (AvgIpc) is 2.80. The Balaban J connectivity index is 2.17. The van der Waals surface area contributed by atoms with Crippen molar-refractivity contribution >= 4 is 6.03 Å². The largest absolute Gasteiger partial charge is 0.391 e. The zero-order valence-electron chi connectivity index (χ0n) is 12.0. The number of hydrogen-bond donors (Lipinski definition) is 3. The zero-order valence-corrected chi connectivity index (χ0v) is 12.0. The summed E-state index contributed by atoms with van der Waals surface area (Å²) in [5.74, 6) is 0.220.